The molecular weight excluding hydrogens is 377 g/mol. The Morgan fingerprint density at radius 2 is 2.00 bits per heavy atom. The maximum absolute atomic E-state index is 14.4. The molecule has 0 bridgehead atoms. The van der Waals surface area contributed by atoms with Crippen molar-refractivity contribution < 1.29 is 19.1 Å². The number of Topliss-reactive ketones (excluding diaryl/α,β-unsaturated/α-hetero) is 1. The highest BCUT2D eigenvalue weighted by atomic mass is 35.5. The molecule has 3 rings (SSSR count). The van der Waals surface area contributed by atoms with Crippen LogP contribution in [0.5, 0.6) is 0 Å². The summed E-state index contributed by atoms with van der Waals surface area (Å²) in [5.74, 6) is -1.18. The highest BCUT2D eigenvalue weighted by Crippen LogP contribution is 2.39. The zero-order chi connectivity index (χ0) is 18.0. The van der Waals surface area contributed by atoms with Crippen LogP contribution in [0, 0.1) is 11.7 Å². The summed E-state index contributed by atoms with van der Waals surface area (Å²) in [5.41, 5.74) is 1.30. The molecule has 4 nitrogen and oxygen atoms in total. The Kier molecular flexibility index (Phi) is 7.26. The summed E-state index contributed by atoms with van der Waals surface area (Å²) in [6.45, 7) is 1.08. The number of thiol groups is 1. The number of nitrogens with zero attached hydrogens (tertiary/aromatic N) is 1. The van der Waals surface area contributed by atoms with E-state index < -0.39 is 12.0 Å². The van der Waals surface area contributed by atoms with Crippen molar-refractivity contribution in [3.63, 3.8) is 0 Å². The van der Waals surface area contributed by atoms with Crippen molar-refractivity contribution in [3.8, 4) is 0 Å². The van der Waals surface area contributed by atoms with Gasteiger partial charge in [-0.2, -0.15) is 12.6 Å². The molecule has 1 aliphatic carbocycles. The molecule has 1 aromatic carbocycles. The van der Waals surface area contributed by atoms with Crippen LogP contribution in [0.4, 0.5) is 4.39 Å². The molecular formula is C19H23ClFNO3S. The first-order valence-corrected chi connectivity index (χ1v) is 9.10. The number of halogens is 2. The van der Waals surface area contributed by atoms with E-state index in [2.05, 4.69) is 12.6 Å². The van der Waals surface area contributed by atoms with E-state index in [-0.39, 0.29) is 41.6 Å². The van der Waals surface area contributed by atoms with Crippen LogP contribution >= 0.6 is 25.0 Å². The first-order chi connectivity index (χ1) is 12.0. The summed E-state index contributed by atoms with van der Waals surface area (Å²) in [4.78, 5) is 25.7. The van der Waals surface area contributed by atoms with E-state index in [9.17, 15) is 14.0 Å². The van der Waals surface area contributed by atoms with E-state index >= 15 is 0 Å². The Balaban J connectivity index is 0.00000243. The number of benzene rings is 1. The topological polar surface area (TPSA) is 57.6 Å². The van der Waals surface area contributed by atoms with Crippen LogP contribution in [0.2, 0.25) is 0 Å². The van der Waals surface area contributed by atoms with Gasteiger partial charge in [0.25, 0.3) is 0 Å². The maximum Gasteiger partial charge on any atom is 0.307 e. The predicted molar refractivity (Wildman–Crippen MR) is 103 cm³/mol. The molecule has 142 valence electrons. The number of carbonyl (C=O) groups is 2. The van der Waals surface area contributed by atoms with E-state index in [1.807, 2.05) is 4.90 Å². The number of carboxylic acid groups (broad SMARTS) is 1. The molecule has 2 atom stereocenters. The molecule has 2 aliphatic rings. The smallest absolute Gasteiger partial charge is 0.307 e. The van der Waals surface area contributed by atoms with Crippen LogP contribution in [-0.4, -0.2) is 40.1 Å². The molecule has 1 aromatic rings. The van der Waals surface area contributed by atoms with Gasteiger partial charge in [0.05, 0.1) is 12.5 Å². The largest absolute Gasteiger partial charge is 0.481 e. The molecule has 7 heteroatoms. The number of likely N-dealkylation sites (tertiary alicyclic amines) is 1. The van der Waals surface area contributed by atoms with Gasteiger partial charge in [0.1, 0.15) is 5.82 Å². The van der Waals surface area contributed by atoms with Crippen molar-refractivity contribution in [3.05, 3.63) is 47.3 Å². The fraction of sp³-hybridized carbons (Fsp3) is 0.474. The molecule has 1 saturated heterocycles. The fourth-order valence-electron chi connectivity index (χ4n) is 3.35. The highest BCUT2D eigenvalue weighted by Gasteiger charge is 2.40. The lowest BCUT2D eigenvalue weighted by Crippen LogP contribution is -2.42. The number of hydrogen-bond donors (Lipinski definition) is 2. The van der Waals surface area contributed by atoms with E-state index in [0.717, 1.165) is 18.4 Å². The summed E-state index contributed by atoms with van der Waals surface area (Å²) in [6.07, 6.45) is 4.05. The van der Waals surface area contributed by atoms with Gasteiger partial charge in [-0.1, -0.05) is 24.3 Å². The molecule has 1 saturated carbocycles. The SMILES string of the molecule is Cl.O=C(O)C/C=C1/CN(C(C(=O)C2CC2)c2ccccc2F)CCC1S. The second-order valence-corrected chi connectivity index (χ2v) is 7.38. The van der Waals surface area contributed by atoms with E-state index in [4.69, 9.17) is 5.11 Å². The highest BCUT2D eigenvalue weighted by molar-refractivity contribution is 7.81. The summed E-state index contributed by atoms with van der Waals surface area (Å²) >= 11 is 4.53. The quantitative estimate of drug-likeness (QED) is 0.566. The van der Waals surface area contributed by atoms with Crippen molar-refractivity contribution in [1.82, 2.24) is 4.90 Å². The second kappa shape index (κ2) is 9.02. The summed E-state index contributed by atoms with van der Waals surface area (Å²) in [7, 11) is 0. The van der Waals surface area contributed by atoms with Crippen molar-refractivity contribution in [2.45, 2.75) is 37.0 Å². The van der Waals surface area contributed by atoms with Crippen molar-refractivity contribution in [2.75, 3.05) is 13.1 Å². The van der Waals surface area contributed by atoms with Gasteiger partial charge in [0.2, 0.25) is 0 Å². The lowest BCUT2D eigenvalue weighted by Gasteiger charge is -2.37. The van der Waals surface area contributed by atoms with E-state index in [1.165, 1.54) is 6.07 Å². The maximum atomic E-state index is 14.4. The van der Waals surface area contributed by atoms with Crippen LogP contribution in [0.1, 0.15) is 37.3 Å². The molecule has 0 spiro atoms. The minimum Gasteiger partial charge on any atom is -0.481 e. The van der Waals surface area contributed by atoms with Crippen LogP contribution in [-0.2, 0) is 9.59 Å². The molecule has 2 unspecified atom stereocenters. The Morgan fingerprint density at radius 1 is 1.31 bits per heavy atom. The first-order valence-electron chi connectivity index (χ1n) is 8.58. The number of ketones is 1. The van der Waals surface area contributed by atoms with Crippen LogP contribution in [0.25, 0.3) is 0 Å². The Bertz CT molecular complexity index is 708. The molecule has 26 heavy (non-hydrogen) atoms. The molecule has 0 radical (unpaired) electrons. The van der Waals surface area contributed by atoms with Crippen LogP contribution in [0.15, 0.2) is 35.9 Å². The van der Waals surface area contributed by atoms with Gasteiger partial charge in [-0.05, 0) is 30.9 Å². The van der Waals surface area contributed by atoms with Gasteiger partial charge in [0, 0.05) is 29.8 Å². The molecule has 2 fully saturated rings. The average Bonchev–Trinajstić information content (AvgIpc) is 3.41. The number of piperidine rings is 1. The third-order valence-corrected chi connectivity index (χ3v) is 5.45. The minimum atomic E-state index is -0.898. The summed E-state index contributed by atoms with van der Waals surface area (Å²) in [6, 6.07) is 5.82. The van der Waals surface area contributed by atoms with Gasteiger partial charge >= 0.3 is 5.97 Å². The molecule has 0 amide bonds. The van der Waals surface area contributed by atoms with Gasteiger partial charge in [-0.25, -0.2) is 4.39 Å². The Labute approximate surface area is 164 Å². The number of carboxylic acids is 1. The van der Waals surface area contributed by atoms with Crippen molar-refractivity contribution >= 4 is 36.8 Å². The minimum absolute atomic E-state index is 0. The number of rotatable bonds is 6. The predicted octanol–water partition coefficient (Wildman–Crippen LogP) is 3.67. The van der Waals surface area contributed by atoms with E-state index in [0.29, 0.717) is 25.1 Å². The van der Waals surface area contributed by atoms with E-state index in [1.54, 1.807) is 24.3 Å². The first kappa shape index (κ1) is 20.9. The second-order valence-electron chi connectivity index (χ2n) is 6.75. The zero-order valence-corrected chi connectivity index (χ0v) is 16.0. The fourth-order valence-corrected chi connectivity index (χ4v) is 3.65. The van der Waals surface area contributed by atoms with Crippen molar-refractivity contribution in [1.29, 1.82) is 0 Å². The zero-order valence-electron chi connectivity index (χ0n) is 14.3. The monoisotopic (exact) mass is 399 g/mol. The van der Waals surface area contributed by atoms with Crippen molar-refractivity contribution in [2.24, 2.45) is 5.92 Å². The Hall–Kier alpha value is -1.37. The third-order valence-electron chi connectivity index (χ3n) is 4.86. The number of carbonyl (C=O) groups excluding carboxylic acids is 1. The Morgan fingerprint density at radius 3 is 2.62 bits per heavy atom. The van der Waals surface area contributed by atoms with Crippen LogP contribution in [0.3, 0.4) is 0 Å². The molecule has 1 aliphatic heterocycles. The average molecular weight is 400 g/mol. The molecule has 1 N–H and O–H groups in total. The normalized spacial score (nSPS) is 23.3. The standard InChI is InChI=1S/C19H22FNO3S.ClH/c20-15-4-2-1-3-14(15)18(19(24)12-5-6-12)21-10-9-16(25)13(11-21)7-8-17(22)23;/h1-4,7,12,16,18,25H,5-6,8-11H2,(H,22,23);1H/b13-7-;. The molecule has 1 heterocycles. The summed E-state index contributed by atoms with van der Waals surface area (Å²) in [5, 5.41) is 8.88. The number of hydrogen-bond acceptors (Lipinski definition) is 4. The van der Waals surface area contributed by atoms with Gasteiger partial charge in [-0.15, -0.1) is 12.4 Å². The lowest BCUT2D eigenvalue weighted by atomic mass is 9.93. The lowest BCUT2D eigenvalue weighted by molar-refractivity contribution is -0.136. The van der Waals surface area contributed by atoms with Gasteiger partial charge in [0.15, 0.2) is 5.78 Å². The van der Waals surface area contributed by atoms with Gasteiger partial charge in [-0.3, -0.25) is 14.5 Å². The number of aliphatic carboxylic acids is 1. The van der Waals surface area contributed by atoms with Gasteiger partial charge < -0.3 is 5.11 Å². The summed E-state index contributed by atoms with van der Waals surface area (Å²) < 4.78 is 14.4. The van der Waals surface area contributed by atoms with Crippen LogP contribution < -0.4 is 0 Å². The third kappa shape index (κ3) is 4.87. The molecule has 0 aromatic heterocycles.